The number of nitrogens with zero attached hydrogens (tertiary/aromatic N) is 2. The molecular formula is C22H18Cl2F2N4O8S. The van der Waals surface area contributed by atoms with Crippen LogP contribution in [0.15, 0.2) is 44.8 Å². The van der Waals surface area contributed by atoms with E-state index in [2.05, 4.69) is 14.6 Å². The summed E-state index contributed by atoms with van der Waals surface area (Å²) in [6, 6.07) is 5.99. The second kappa shape index (κ2) is 10.6. The van der Waals surface area contributed by atoms with Crippen molar-refractivity contribution >= 4 is 39.2 Å². The second-order valence-electron chi connectivity index (χ2n) is 8.19. The Morgan fingerprint density at radius 2 is 1.79 bits per heavy atom. The topological polar surface area (TPSA) is 159 Å². The summed E-state index contributed by atoms with van der Waals surface area (Å²) in [4.78, 5) is 37.1. The number of hydrogen-bond acceptors (Lipinski definition) is 9. The predicted molar refractivity (Wildman–Crippen MR) is 133 cm³/mol. The Labute approximate surface area is 228 Å². The summed E-state index contributed by atoms with van der Waals surface area (Å²) in [5, 5.41) is 2.96. The lowest BCUT2D eigenvalue weighted by atomic mass is 10.3. The molecule has 3 aromatic rings. The van der Waals surface area contributed by atoms with Crippen molar-refractivity contribution in [1.29, 1.82) is 0 Å². The van der Waals surface area contributed by atoms with Gasteiger partial charge in [-0.05, 0) is 37.1 Å². The number of alkyl halides is 2. The monoisotopic (exact) mass is 606 g/mol. The first-order chi connectivity index (χ1) is 18.3. The standard InChI is InChI=1S/C22H18Cl2F2N4O8S/c1-36-14-4-3-11(9-15(14)39(34,35)29-22(5-6-22)20(32)37-2)38-17-12(23)7-10(8-13(17)24)30-21(33)27-19(31)16(28-30)18(25)26/h3-4,7-9,18,29H,5-6H2,1-2H3,(H,27,31,33). The van der Waals surface area contributed by atoms with E-state index >= 15 is 0 Å². The van der Waals surface area contributed by atoms with Gasteiger partial charge in [-0.15, -0.1) is 0 Å². The van der Waals surface area contributed by atoms with Gasteiger partial charge in [0, 0.05) is 6.07 Å². The number of nitrogens with one attached hydrogen (secondary N) is 2. The first-order valence-corrected chi connectivity index (χ1v) is 13.0. The summed E-state index contributed by atoms with van der Waals surface area (Å²) in [6.07, 6.45) is -2.76. The Morgan fingerprint density at radius 1 is 1.15 bits per heavy atom. The molecule has 1 saturated carbocycles. The molecule has 2 aromatic carbocycles. The number of sulfonamides is 1. The van der Waals surface area contributed by atoms with Crippen molar-refractivity contribution in [3.8, 4) is 22.9 Å². The molecule has 1 aliphatic carbocycles. The highest BCUT2D eigenvalue weighted by molar-refractivity contribution is 7.89. The van der Waals surface area contributed by atoms with E-state index in [-0.39, 0.29) is 50.7 Å². The zero-order chi connectivity index (χ0) is 28.7. The van der Waals surface area contributed by atoms with Gasteiger partial charge in [-0.3, -0.25) is 14.6 Å². The molecule has 0 spiro atoms. The molecule has 0 radical (unpaired) electrons. The number of methoxy groups -OCH3 is 2. The smallest absolute Gasteiger partial charge is 0.349 e. The Balaban J connectivity index is 1.69. The van der Waals surface area contributed by atoms with E-state index in [0.717, 1.165) is 25.3 Å². The zero-order valence-corrected chi connectivity index (χ0v) is 22.3. The van der Waals surface area contributed by atoms with Crippen molar-refractivity contribution in [2.45, 2.75) is 29.7 Å². The highest BCUT2D eigenvalue weighted by Crippen LogP contribution is 2.41. The van der Waals surface area contributed by atoms with Crippen LogP contribution < -0.4 is 25.4 Å². The molecule has 2 N–H and O–H groups in total. The van der Waals surface area contributed by atoms with Crippen LogP contribution >= 0.6 is 23.2 Å². The Hall–Kier alpha value is -3.53. The zero-order valence-electron chi connectivity index (χ0n) is 20.0. The molecule has 0 amide bonds. The van der Waals surface area contributed by atoms with E-state index in [9.17, 15) is 31.6 Å². The molecule has 17 heteroatoms. The first-order valence-electron chi connectivity index (χ1n) is 10.8. The van der Waals surface area contributed by atoms with Gasteiger partial charge in [0.05, 0.1) is 30.0 Å². The lowest BCUT2D eigenvalue weighted by Gasteiger charge is -2.18. The Kier molecular flexibility index (Phi) is 7.71. The summed E-state index contributed by atoms with van der Waals surface area (Å²) >= 11 is 12.6. The molecule has 208 valence electrons. The van der Waals surface area contributed by atoms with Crippen molar-refractivity contribution in [2.24, 2.45) is 0 Å². The van der Waals surface area contributed by atoms with Crippen molar-refractivity contribution in [3.05, 3.63) is 66.9 Å². The third kappa shape index (κ3) is 5.61. The van der Waals surface area contributed by atoms with E-state index in [1.165, 1.54) is 19.2 Å². The fourth-order valence-corrected chi connectivity index (χ4v) is 5.68. The lowest BCUT2D eigenvalue weighted by molar-refractivity contribution is -0.143. The number of rotatable bonds is 9. The molecule has 39 heavy (non-hydrogen) atoms. The molecule has 0 unspecified atom stereocenters. The average molecular weight is 607 g/mol. The Bertz CT molecular complexity index is 1670. The van der Waals surface area contributed by atoms with Gasteiger partial charge in [0.15, 0.2) is 11.4 Å². The minimum atomic E-state index is -4.31. The fraction of sp³-hybridized carbons (Fsp3) is 0.273. The molecule has 4 rings (SSSR count). The van der Waals surface area contributed by atoms with E-state index in [1.807, 2.05) is 0 Å². The summed E-state index contributed by atoms with van der Waals surface area (Å²) in [7, 11) is -1.91. The summed E-state index contributed by atoms with van der Waals surface area (Å²) < 4.78 is 70.8. The minimum Gasteiger partial charge on any atom is -0.495 e. The molecule has 0 saturated heterocycles. The number of H-pyrrole nitrogens is 1. The van der Waals surface area contributed by atoms with Crippen LogP contribution in [0.5, 0.6) is 17.2 Å². The van der Waals surface area contributed by atoms with Crippen LogP contribution in [0, 0.1) is 0 Å². The molecule has 0 bridgehead atoms. The third-order valence-electron chi connectivity index (χ3n) is 5.59. The Morgan fingerprint density at radius 3 is 2.33 bits per heavy atom. The highest BCUT2D eigenvalue weighted by atomic mass is 35.5. The SMILES string of the molecule is COC(=O)C1(NS(=O)(=O)c2cc(Oc3c(Cl)cc(-n4nc(C(F)F)c(=O)[nH]c4=O)cc3Cl)ccc2OC)CC1. The van der Waals surface area contributed by atoms with Gasteiger partial charge in [0.25, 0.3) is 12.0 Å². The van der Waals surface area contributed by atoms with E-state index in [1.54, 1.807) is 4.98 Å². The average Bonchev–Trinajstić information content (AvgIpc) is 3.65. The highest BCUT2D eigenvalue weighted by Gasteiger charge is 2.54. The van der Waals surface area contributed by atoms with Crippen LogP contribution in [-0.2, 0) is 19.6 Å². The van der Waals surface area contributed by atoms with Gasteiger partial charge in [0.2, 0.25) is 10.0 Å². The maximum atomic E-state index is 13.1. The number of carbonyl (C=O) groups excluding carboxylic acids is 1. The van der Waals surface area contributed by atoms with Crippen molar-refractivity contribution in [1.82, 2.24) is 19.5 Å². The normalized spacial score (nSPS) is 14.2. The van der Waals surface area contributed by atoms with Crippen molar-refractivity contribution < 1.29 is 36.2 Å². The van der Waals surface area contributed by atoms with Crippen molar-refractivity contribution in [2.75, 3.05) is 14.2 Å². The quantitative estimate of drug-likeness (QED) is 0.349. The predicted octanol–water partition coefficient (Wildman–Crippen LogP) is 2.95. The number of aromatic amines is 1. The van der Waals surface area contributed by atoms with Crippen LogP contribution in [0.4, 0.5) is 8.78 Å². The minimum absolute atomic E-state index is 0.0542. The number of aromatic nitrogens is 3. The van der Waals surface area contributed by atoms with E-state index in [0.29, 0.717) is 4.68 Å². The molecule has 1 aliphatic rings. The van der Waals surface area contributed by atoms with Crippen molar-refractivity contribution in [3.63, 3.8) is 0 Å². The number of halogens is 4. The molecular weight excluding hydrogens is 589 g/mol. The number of benzene rings is 2. The van der Waals surface area contributed by atoms with Gasteiger partial charge >= 0.3 is 11.7 Å². The van der Waals surface area contributed by atoms with Gasteiger partial charge in [-0.2, -0.15) is 14.5 Å². The summed E-state index contributed by atoms with van der Waals surface area (Å²) in [5.74, 6) is -1.02. The molecule has 0 aliphatic heterocycles. The van der Waals surface area contributed by atoms with Gasteiger partial charge in [-0.1, -0.05) is 23.2 Å². The van der Waals surface area contributed by atoms with Crippen LogP contribution in [-0.4, -0.2) is 48.9 Å². The summed E-state index contributed by atoms with van der Waals surface area (Å²) in [5.41, 5.74) is -5.20. The maximum Gasteiger partial charge on any atom is 0.349 e. The van der Waals surface area contributed by atoms with Gasteiger partial charge in [0.1, 0.15) is 21.9 Å². The van der Waals surface area contributed by atoms with Crippen LogP contribution in [0.2, 0.25) is 10.0 Å². The third-order valence-corrected chi connectivity index (χ3v) is 7.71. The number of ether oxygens (including phenoxy) is 3. The largest absolute Gasteiger partial charge is 0.495 e. The molecule has 1 fully saturated rings. The van der Waals surface area contributed by atoms with Crippen LogP contribution in [0.3, 0.4) is 0 Å². The van der Waals surface area contributed by atoms with Gasteiger partial charge < -0.3 is 14.2 Å². The summed E-state index contributed by atoms with van der Waals surface area (Å²) in [6.45, 7) is 0. The lowest BCUT2D eigenvalue weighted by Crippen LogP contribution is -2.43. The molecule has 0 atom stereocenters. The molecule has 12 nitrogen and oxygen atoms in total. The molecule has 1 aromatic heterocycles. The van der Waals surface area contributed by atoms with E-state index < -0.39 is 44.9 Å². The fourth-order valence-electron chi connectivity index (χ4n) is 3.53. The van der Waals surface area contributed by atoms with E-state index in [4.69, 9.17) is 32.7 Å². The number of hydrogen-bond donors (Lipinski definition) is 2. The second-order valence-corrected chi connectivity index (χ2v) is 10.7. The van der Waals surface area contributed by atoms with Crippen LogP contribution in [0.1, 0.15) is 25.0 Å². The number of carbonyl (C=O) groups is 1. The maximum absolute atomic E-state index is 13.1. The molecule has 1 heterocycles. The first kappa shape index (κ1) is 28.5. The van der Waals surface area contributed by atoms with Gasteiger partial charge in [-0.25, -0.2) is 22.0 Å². The number of esters is 1. The van der Waals surface area contributed by atoms with Crippen LogP contribution in [0.25, 0.3) is 5.69 Å².